The van der Waals surface area contributed by atoms with Gasteiger partial charge in [-0.05, 0) is 19.0 Å². The molecule has 3 nitrogen and oxygen atoms in total. The summed E-state index contributed by atoms with van der Waals surface area (Å²) in [5.74, 6) is 0.165. The Kier molecular flexibility index (Phi) is 4.28. The molecule has 2 unspecified atom stereocenters. The molecule has 0 aliphatic heterocycles. The van der Waals surface area contributed by atoms with Crippen LogP contribution in [0.25, 0.3) is 0 Å². The Bertz CT molecular complexity index is 143. The molecule has 0 aliphatic rings. The number of aliphatic hydroxyl groups is 1. The van der Waals surface area contributed by atoms with Crippen LogP contribution in [0.15, 0.2) is 12.8 Å². The van der Waals surface area contributed by atoms with Gasteiger partial charge in [0.1, 0.15) is 0 Å². The second-order valence-corrected chi connectivity index (χ2v) is 3.54. The molecule has 72 valence electrons. The van der Waals surface area contributed by atoms with Crippen molar-refractivity contribution in [2.75, 3.05) is 6.54 Å². The van der Waals surface area contributed by atoms with Crippen LogP contribution in [-0.2, 0) is 0 Å². The van der Waals surface area contributed by atoms with E-state index in [1.165, 1.54) is 0 Å². The van der Waals surface area contributed by atoms with Crippen LogP contribution in [0.2, 0.25) is 0 Å². The Morgan fingerprint density at radius 2 is 2.17 bits per heavy atom. The summed E-state index contributed by atoms with van der Waals surface area (Å²) >= 11 is 0. The first-order valence-electron chi connectivity index (χ1n) is 4.26. The van der Waals surface area contributed by atoms with E-state index in [1.807, 2.05) is 13.8 Å². The Balaban J connectivity index is 4.35. The second-order valence-electron chi connectivity index (χ2n) is 3.54. The summed E-state index contributed by atoms with van der Waals surface area (Å²) in [5.41, 5.74) is 4.72. The predicted molar refractivity (Wildman–Crippen MR) is 51.6 cm³/mol. The van der Waals surface area contributed by atoms with Gasteiger partial charge in [0.25, 0.3) is 0 Å². The van der Waals surface area contributed by atoms with Gasteiger partial charge in [0.15, 0.2) is 0 Å². The molecule has 2 atom stereocenters. The monoisotopic (exact) mass is 172 g/mol. The lowest BCUT2D eigenvalue weighted by molar-refractivity contribution is -0.0159. The van der Waals surface area contributed by atoms with Crippen molar-refractivity contribution in [1.82, 2.24) is 5.32 Å². The molecule has 0 saturated heterocycles. The van der Waals surface area contributed by atoms with Crippen molar-refractivity contribution in [3.63, 3.8) is 0 Å². The topological polar surface area (TPSA) is 58.3 Å². The summed E-state index contributed by atoms with van der Waals surface area (Å²) in [4.78, 5) is 0. The van der Waals surface area contributed by atoms with Gasteiger partial charge in [-0.15, -0.1) is 0 Å². The van der Waals surface area contributed by atoms with Crippen molar-refractivity contribution in [3.05, 3.63) is 12.8 Å². The molecule has 0 saturated carbocycles. The molecule has 0 aromatic heterocycles. The maximum Gasteiger partial charge on any atom is 0.0854 e. The van der Waals surface area contributed by atoms with Crippen LogP contribution in [0, 0.1) is 5.92 Å². The third-order valence-electron chi connectivity index (χ3n) is 2.43. The Morgan fingerprint density at radius 1 is 1.67 bits per heavy atom. The molecule has 4 N–H and O–H groups in total. The first-order valence-corrected chi connectivity index (χ1v) is 4.26. The number of rotatable bonds is 5. The van der Waals surface area contributed by atoms with Gasteiger partial charge < -0.3 is 16.2 Å². The summed E-state index contributed by atoms with van der Waals surface area (Å²) in [7, 11) is 0. The highest BCUT2D eigenvalue weighted by molar-refractivity contribution is 4.93. The van der Waals surface area contributed by atoms with Gasteiger partial charge in [-0.2, -0.15) is 0 Å². The molecule has 3 heteroatoms. The molecular weight excluding hydrogens is 152 g/mol. The van der Waals surface area contributed by atoms with E-state index in [1.54, 1.807) is 13.1 Å². The summed E-state index contributed by atoms with van der Waals surface area (Å²) in [5, 5.41) is 12.9. The van der Waals surface area contributed by atoms with Crippen LogP contribution in [0.5, 0.6) is 0 Å². The number of nitrogens with one attached hydrogen (secondary N) is 1. The highest BCUT2D eigenvalue weighted by atomic mass is 16.3. The zero-order valence-electron chi connectivity index (χ0n) is 8.17. The molecule has 0 heterocycles. The quantitative estimate of drug-likeness (QED) is 0.564. The van der Waals surface area contributed by atoms with Crippen LogP contribution >= 0.6 is 0 Å². The lowest BCUT2D eigenvalue weighted by Gasteiger charge is -2.35. The highest BCUT2D eigenvalue weighted by Gasteiger charge is 2.33. The van der Waals surface area contributed by atoms with Crippen LogP contribution in [0.3, 0.4) is 0 Å². The molecular formula is C9H20N2O. The van der Waals surface area contributed by atoms with Crippen LogP contribution in [0.4, 0.5) is 0 Å². The summed E-state index contributed by atoms with van der Waals surface area (Å²) in [6, 6.07) is -0.130. The maximum atomic E-state index is 9.99. The van der Waals surface area contributed by atoms with E-state index < -0.39 is 5.60 Å². The molecule has 0 radical (unpaired) electrons. The largest absolute Gasteiger partial charge is 0.388 e. The lowest BCUT2D eigenvalue weighted by atomic mass is 9.85. The average Bonchev–Trinajstić information content (AvgIpc) is 1.99. The molecule has 0 aromatic rings. The molecule has 0 spiro atoms. The molecule has 12 heavy (non-hydrogen) atoms. The molecule has 0 rings (SSSR count). The van der Waals surface area contributed by atoms with Crippen molar-refractivity contribution in [2.24, 2.45) is 11.7 Å². The first-order chi connectivity index (χ1) is 5.46. The second kappa shape index (κ2) is 4.48. The van der Waals surface area contributed by atoms with E-state index in [9.17, 15) is 5.11 Å². The lowest BCUT2D eigenvalue weighted by Crippen LogP contribution is -2.54. The Labute approximate surface area is 74.7 Å². The van der Waals surface area contributed by atoms with Gasteiger partial charge in [0.05, 0.1) is 11.6 Å². The third-order valence-corrected chi connectivity index (χ3v) is 2.43. The van der Waals surface area contributed by atoms with Crippen LogP contribution in [-0.4, -0.2) is 23.3 Å². The van der Waals surface area contributed by atoms with E-state index in [0.717, 1.165) is 0 Å². The minimum Gasteiger partial charge on any atom is -0.388 e. The van der Waals surface area contributed by atoms with Crippen LogP contribution < -0.4 is 11.1 Å². The van der Waals surface area contributed by atoms with Gasteiger partial charge in [0, 0.05) is 6.54 Å². The van der Waals surface area contributed by atoms with Gasteiger partial charge in [-0.3, -0.25) is 0 Å². The molecule has 0 aromatic carbocycles. The predicted octanol–water partition coefficient (Wildman–Crippen LogP) is 0.454. The number of hydrogen-bond donors (Lipinski definition) is 3. The standard InChI is InChI=1S/C9H20N2O/c1-5-11-8(6-10)9(4,12)7(2)3/h5,7-8,11-12H,1,6,10H2,2-4H3. The van der Waals surface area contributed by atoms with Crippen molar-refractivity contribution < 1.29 is 5.11 Å². The van der Waals surface area contributed by atoms with Gasteiger partial charge >= 0.3 is 0 Å². The van der Waals surface area contributed by atoms with E-state index in [2.05, 4.69) is 11.9 Å². The maximum absolute atomic E-state index is 9.99. The third kappa shape index (κ3) is 2.50. The van der Waals surface area contributed by atoms with Gasteiger partial charge in [-0.25, -0.2) is 0 Å². The molecule has 0 amide bonds. The number of nitrogens with two attached hydrogens (primary N) is 1. The Hall–Kier alpha value is -0.540. The number of hydrogen-bond acceptors (Lipinski definition) is 3. The minimum absolute atomic E-state index is 0.130. The smallest absolute Gasteiger partial charge is 0.0854 e. The minimum atomic E-state index is -0.789. The Morgan fingerprint density at radius 3 is 2.42 bits per heavy atom. The fourth-order valence-electron chi connectivity index (χ4n) is 1.02. The fraction of sp³-hybridized carbons (Fsp3) is 0.778. The normalized spacial score (nSPS) is 18.5. The summed E-state index contributed by atoms with van der Waals surface area (Å²) in [6.07, 6.45) is 1.56. The van der Waals surface area contributed by atoms with Gasteiger partial charge in [0.2, 0.25) is 0 Å². The summed E-state index contributed by atoms with van der Waals surface area (Å²) < 4.78 is 0. The van der Waals surface area contributed by atoms with Crippen molar-refractivity contribution in [1.29, 1.82) is 0 Å². The van der Waals surface area contributed by atoms with Crippen molar-refractivity contribution in [2.45, 2.75) is 32.4 Å². The molecule has 0 bridgehead atoms. The van der Waals surface area contributed by atoms with E-state index in [0.29, 0.717) is 6.54 Å². The molecule has 0 aliphatic carbocycles. The van der Waals surface area contributed by atoms with E-state index in [4.69, 9.17) is 5.73 Å². The van der Waals surface area contributed by atoms with Crippen LogP contribution in [0.1, 0.15) is 20.8 Å². The first kappa shape index (κ1) is 11.5. The molecule has 0 fully saturated rings. The van der Waals surface area contributed by atoms with Crippen molar-refractivity contribution in [3.8, 4) is 0 Å². The van der Waals surface area contributed by atoms with Gasteiger partial charge in [-0.1, -0.05) is 20.4 Å². The van der Waals surface area contributed by atoms with E-state index >= 15 is 0 Å². The van der Waals surface area contributed by atoms with Crippen molar-refractivity contribution >= 4 is 0 Å². The average molecular weight is 172 g/mol. The SMILES string of the molecule is C=CNC(CN)C(C)(O)C(C)C. The zero-order valence-corrected chi connectivity index (χ0v) is 8.17. The zero-order chi connectivity index (χ0) is 9.78. The highest BCUT2D eigenvalue weighted by Crippen LogP contribution is 2.19. The fourth-order valence-corrected chi connectivity index (χ4v) is 1.02. The van der Waals surface area contributed by atoms with E-state index in [-0.39, 0.29) is 12.0 Å². The summed E-state index contributed by atoms with van der Waals surface area (Å²) in [6.45, 7) is 9.66.